The number of nitrogens with one attached hydrogen (secondary N) is 4. The second-order valence-electron chi connectivity index (χ2n) is 10.7. The number of rotatable bonds is 29. The molecular formula is C29H75N5O9Si3. The molecule has 282 valence electrons. The Labute approximate surface area is 286 Å². The number of nitrogens with two attached hydrogens (primary N) is 1. The van der Waals surface area contributed by atoms with E-state index in [4.69, 9.17) is 45.6 Å². The number of hydrogen-bond donors (Lipinski definition) is 5. The summed E-state index contributed by atoms with van der Waals surface area (Å²) in [5.74, 6) is 0.418. The molecular weight excluding hydrogens is 647 g/mol. The van der Waals surface area contributed by atoms with Crippen LogP contribution in [0.25, 0.3) is 0 Å². The highest BCUT2D eigenvalue weighted by Crippen LogP contribution is 2.18. The van der Waals surface area contributed by atoms with Crippen molar-refractivity contribution in [3.8, 4) is 0 Å². The Balaban J connectivity index is -0.000000606. The lowest BCUT2D eigenvalue weighted by atomic mass is 10.2. The van der Waals surface area contributed by atoms with Crippen molar-refractivity contribution in [3.63, 3.8) is 0 Å². The van der Waals surface area contributed by atoms with E-state index in [0.717, 1.165) is 70.7 Å². The van der Waals surface area contributed by atoms with Crippen molar-refractivity contribution in [2.75, 3.05) is 116 Å². The van der Waals surface area contributed by atoms with Crippen LogP contribution in [0.15, 0.2) is 0 Å². The van der Waals surface area contributed by atoms with Gasteiger partial charge in [-0.2, -0.15) is 0 Å². The molecule has 6 N–H and O–H groups in total. The van der Waals surface area contributed by atoms with Gasteiger partial charge in [0.15, 0.2) is 0 Å². The first-order valence-electron chi connectivity index (χ1n) is 16.6. The van der Waals surface area contributed by atoms with Gasteiger partial charge < -0.3 is 66.8 Å². The summed E-state index contributed by atoms with van der Waals surface area (Å²) in [4.78, 5) is 0. The lowest BCUT2D eigenvalue weighted by Gasteiger charge is -2.35. The van der Waals surface area contributed by atoms with E-state index in [-0.39, 0.29) is 5.67 Å². The summed E-state index contributed by atoms with van der Waals surface area (Å²) in [6, 6.07) is 1.70. The Bertz CT molecular complexity index is 602. The zero-order chi connectivity index (χ0) is 35.7. The van der Waals surface area contributed by atoms with Crippen molar-refractivity contribution in [2.24, 2.45) is 11.7 Å². The molecule has 0 aromatic carbocycles. The van der Waals surface area contributed by atoms with Crippen LogP contribution >= 0.6 is 0 Å². The van der Waals surface area contributed by atoms with E-state index < -0.39 is 26.4 Å². The van der Waals surface area contributed by atoms with E-state index in [2.05, 4.69) is 49.0 Å². The third kappa shape index (κ3) is 22.7. The first-order valence-corrected chi connectivity index (χ1v) is 22.2. The summed E-state index contributed by atoms with van der Waals surface area (Å²) in [6.45, 7) is 15.9. The highest BCUT2D eigenvalue weighted by Gasteiger charge is 2.48. The second-order valence-corrected chi connectivity index (χ2v) is 19.9. The van der Waals surface area contributed by atoms with Crippen LogP contribution in [0, 0.1) is 5.92 Å². The van der Waals surface area contributed by atoms with E-state index in [9.17, 15) is 0 Å². The number of hydrogen-bond acceptors (Lipinski definition) is 14. The molecule has 0 saturated carbocycles. The molecule has 1 unspecified atom stereocenters. The van der Waals surface area contributed by atoms with Crippen LogP contribution in [0.3, 0.4) is 0 Å². The molecule has 0 heterocycles. The van der Waals surface area contributed by atoms with Gasteiger partial charge >= 0.3 is 26.4 Å². The molecule has 0 amide bonds. The van der Waals surface area contributed by atoms with E-state index in [1.54, 1.807) is 64.0 Å². The Morgan fingerprint density at radius 1 is 0.522 bits per heavy atom. The summed E-state index contributed by atoms with van der Waals surface area (Å²) < 4.78 is 48.3. The van der Waals surface area contributed by atoms with Gasteiger partial charge in [-0.1, -0.05) is 34.1 Å². The Morgan fingerprint density at radius 3 is 1.20 bits per heavy atom. The standard InChI is InChI=1S/C10H27N3O3Si.C10H25NO3Si.C9H23NO3Si/c1-14-17(15-2,16-3)10-4-6-12-8-9-13-7-5-11;1-5-6-8-11-9-7-10-15(12-2,13-3)14-4;1-7-10-9(8(2)3)14(11-4,12-5)13-6/h12-13H,4-11H2,1-3H3;11H,5-10H2,1-4H3;8-10H,7H2,1-6H3. The fourth-order valence-electron chi connectivity index (χ4n) is 4.55. The highest BCUT2D eigenvalue weighted by molar-refractivity contribution is 6.62. The van der Waals surface area contributed by atoms with Crippen molar-refractivity contribution < 1.29 is 39.8 Å². The normalized spacial score (nSPS) is 12.8. The highest BCUT2D eigenvalue weighted by atomic mass is 28.4. The Morgan fingerprint density at radius 2 is 0.891 bits per heavy atom. The monoisotopic (exact) mass is 721 g/mol. The Kier molecular flexibility index (Phi) is 36.8. The summed E-state index contributed by atoms with van der Waals surface area (Å²) in [7, 11) is 7.59. The fraction of sp³-hybridized carbons (Fsp3) is 1.00. The molecule has 0 spiro atoms. The van der Waals surface area contributed by atoms with Gasteiger partial charge in [0.05, 0.1) is 5.67 Å². The van der Waals surface area contributed by atoms with Crippen molar-refractivity contribution >= 4 is 26.4 Å². The van der Waals surface area contributed by atoms with Crippen LogP contribution in [0.5, 0.6) is 0 Å². The summed E-state index contributed by atoms with van der Waals surface area (Å²) >= 11 is 0. The van der Waals surface area contributed by atoms with E-state index in [1.807, 2.05) is 0 Å². The topological polar surface area (TPSA) is 157 Å². The van der Waals surface area contributed by atoms with Crippen molar-refractivity contribution in [2.45, 2.75) is 71.1 Å². The molecule has 0 radical (unpaired) electrons. The van der Waals surface area contributed by atoms with Crippen LogP contribution in [0.2, 0.25) is 12.1 Å². The first kappa shape index (κ1) is 50.5. The number of unbranched alkanes of at least 4 members (excludes halogenated alkanes) is 1. The van der Waals surface area contributed by atoms with Crippen molar-refractivity contribution in [1.82, 2.24) is 21.3 Å². The third-order valence-corrected chi connectivity index (χ3v) is 16.4. The van der Waals surface area contributed by atoms with E-state index >= 15 is 0 Å². The SMILES string of the molecule is CCCCNCCC[Si](OC)(OC)OC.CCNC(C(C)C)[Si](OC)(OC)OC.CO[Si](CCCNCCNCCN)(OC)OC. The van der Waals surface area contributed by atoms with Crippen LogP contribution in [-0.4, -0.2) is 148 Å². The van der Waals surface area contributed by atoms with E-state index in [0.29, 0.717) is 12.5 Å². The van der Waals surface area contributed by atoms with E-state index in [1.165, 1.54) is 12.8 Å². The molecule has 0 aliphatic heterocycles. The van der Waals surface area contributed by atoms with Crippen molar-refractivity contribution in [1.29, 1.82) is 0 Å². The largest absolute Gasteiger partial charge is 0.518 e. The zero-order valence-electron chi connectivity index (χ0n) is 31.8. The first-order chi connectivity index (χ1) is 22.1. The second kappa shape index (κ2) is 33.6. The van der Waals surface area contributed by atoms with Crippen LogP contribution in [0.4, 0.5) is 0 Å². The molecule has 46 heavy (non-hydrogen) atoms. The fourth-order valence-corrected chi connectivity index (χ4v) is 10.5. The quantitative estimate of drug-likeness (QED) is 0.0565. The van der Waals surface area contributed by atoms with Gasteiger partial charge in [-0.25, -0.2) is 0 Å². The predicted octanol–water partition coefficient (Wildman–Crippen LogP) is 2.07. The molecule has 0 fully saturated rings. The minimum atomic E-state index is -2.54. The van der Waals surface area contributed by atoms with Crippen LogP contribution in [-0.2, 0) is 39.8 Å². The molecule has 14 nitrogen and oxygen atoms in total. The average Bonchev–Trinajstić information content (AvgIpc) is 3.09. The van der Waals surface area contributed by atoms with Gasteiger partial charge in [-0.3, -0.25) is 0 Å². The van der Waals surface area contributed by atoms with Gasteiger partial charge in [-0.15, -0.1) is 0 Å². The maximum Gasteiger partial charge on any atom is 0.518 e. The minimum absolute atomic E-state index is 0.146. The lowest BCUT2D eigenvalue weighted by Crippen LogP contribution is -2.62. The summed E-state index contributed by atoms with van der Waals surface area (Å²) in [6.07, 6.45) is 4.49. The van der Waals surface area contributed by atoms with Gasteiger partial charge in [0.1, 0.15) is 0 Å². The molecule has 0 rings (SSSR count). The molecule has 1 atom stereocenters. The lowest BCUT2D eigenvalue weighted by molar-refractivity contribution is 0.0994. The molecule has 0 aromatic heterocycles. The summed E-state index contributed by atoms with van der Waals surface area (Å²) in [5, 5.41) is 13.3. The average molecular weight is 722 g/mol. The molecule has 0 aliphatic rings. The maximum absolute atomic E-state index is 5.44. The molecule has 0 aliphatic carbocycles. The smallest absolute Gasteiger partial charge is 0.377 e. The molecule has 0 saturated heterocycles. The van der Waals surface area contributed by atoms with Crippen molar-refractivity contribution in [3.05, 3.63) is 0 Å². The van der Waals surface area contributed by atoms with Gasteiger partial charge in [0.2, 0.25) is 0 Å². The summed E-state index contributed by atoms with van der Waals surface area (Å²) in [5.41, 5.74) is 5.51. The Hall–Kier alpha value is 0.0906. The zero-order valence-corrected chi connectivity index (χ0v) is 34.8. The third-order valence-electron chi connectivity index (χ3n) is 7.37. The predicted molar refractivity (Wildman–Crippen MR) is 194 cm³/mol. The van der Waals surface area contributed by atoms with Gasteiger partial charge in [-0.05, 0) is 51.4 Å². The minimum Gasteiger partial charge on any atom is -0.377 e. The molecule has 0 aromatic rings. The van der Waals surface area contributed by atoms with Crippen LogP contribution < -0.4 is 27.0 Å². The van der Waals surface area contributed by atoms with Gasteiger partial charge in [0.25, 0.3) is 0 Å². The van der Waals surface area contributed by atoms with Crippen LogP contribution in [0.1, 0.15) is 53.4 Å². The maximum atomic E-state index is 5.44. The molecule has 17 heteroatoms. The van der Waals surface area contributed by atoms with Gasteiger partial charge in [0, 0.05) is 102 Å². The molecule has 0 bridgehead atoms.